The minimum absolute atomic E-state index is 1.20. The zero-order chi connectivity index (χ0) is 51.0. The van der Waals surface area contributed by atoms with Gasteiger partial charge in [-0.05, 0) is 123 Å². The highest BCUT2D eigenvalue weighted by molar-refractivity contribution is 7.27. The minimum atomic E-state index is 1.20. The van der Waals surface area contributed by atoms with Crippen molar-refractivity contribution in [3.63, 3.8) is 0 Å². The zero-order valence-corrected chi connectivity index (χ0v) is 45.0. The molecule has 6 aromatic heterocycles. The molecule has 364 valence electrons. The fourth-order valence-electron chi connectivity index (χ4n) is 12.5. The van der Waals surface area contributed by atoms with Crippen molar-refractivity contribution < 1.29 is 0 Å². The van der Waals surface area contributed by atoms with Gasteiger partial charge in [-0.3, -0.25) is 0 Å². The van der Waals surface area contributed by atoms with Gasteiger partial charge in [0.1, 0.15) is 0 Å². The average Bonchev–Trinajstić information content (AvgIpc) is 4.48. The number of hydrogen-bond acceptors (Lipinski definition) is 4. The Hall–Kier alpha value is -8.88. The van der Waals surface area contributed by atoms with Crippen LogP contribution in [0.5, 0.6) is 0 Å². The highest BCUT2D eigenvalue weighted by Gasteiger charge is 2.22. The summed E-state index contributed by atoms with van der Waals surface area (Å²) in [6.45, 7) is 0. The first kappa shape index (κ1) is 44.3. The lowest BCUT2D eigenvalue weighted by Crippen LogP contribution is -1.93. The standard InChI is InChI=1S/2C36H21NS2/c1-2-10-24(11-3-1)37-29-15-7-6-13-27(29)36-35(37)34-26(14-8-16-30(34)39-36)23-17-19-28-32(21-23)38-31-20-18-22-9-4-5-12-25(22)33(28)31;1-2-9-25(10-3-1)37-30-13-7-6-12-27(30)36-35(37)29-20-23(16-18-31(29)39-36)24-14-17-28-33(21-24)38-32-19-15-22-8-4-5-11-26(22)34(28)32/h2*1-21H. The van der Waals surface area contributed by atoms with E-state index < -0.39 is 0 Å². The number of benzene rings is 12. The van der Waals surface area contributed by atoms with Crippen molar-refractivity contribution in [3.05, 3.63) is 255 Å². The van der Waals surface area contributed by atoms with Crippen molar-refractivity contribution in [2.75, 3.05) is 0 Å². The summed E-state index contributed by atoms with van der Waals surface area (Å²) in [5, 5.41) is 16.0. The van der Waals surface area contributed by atoms with Crippen LogP contribution in [0.3, 0.4) is 0 Å². The molecule has 6 heterocycles. The Bertz CT molecular complexity index is 5450. The molecule has 0 atom stereocenters. The number of hydrogen-bond donors (Lipinski definition) is 0. The Morgan fingerprint density at radius 1 is 0.244 bits per heavy atom. The number of nitrogens with zero attached hydrogens (tertiary/aromatic N) is 2. The first-order valence-electron chi connectivity index (χ1n) is 26.4. The van der Waals surface area contributed by atoms with Crippen LogP contribution >= 0.6 is 45.3 Å². The fourth-order valence-corrected chi connectivity index (χ4v) is 17.3. The van der Waals surface area contributed by atoms with Crippen molar-refractivity contribution >= 4 is 170 Å². The van der Waals surface area contributed by atoms with Gasteiger partial charge in [-0.25, -0.2) is 0 Å². The molecule has 78 heavy (non-hydrogen) atoms. The quantitative estimate of drug-likeness (QED) is 0.166. The zero-order valence-electron chi connectivity index (χ0n) is 41.8. The molecule has 2 nitrogen and oxygen atoms in total. The van der Waals surface area contributed by atoms with Crippen molar-refractivity contribution in [3.8, 4) is 33.6 Å². The highest BCUT2D eigenvalue weighted by atomic mass is 32.1. The van der Waals surface area contributed by atoms with Crippen LogP contribution in [0, 0.1) is 0 Å². The summed E-state index contributed by atoms with van der Waals surface area (Å²) in [4.78, 5) is 0. The van der Waals surface area contributed by atoms with Crippen LogP contribution in [-0.2, 0) is 0 Å². The summed E-state index contributed by atoms with van der Waals surface area (Å²) in [7, 11) is 0. The van der Waals surface area contributed by atoms with Gasteiger partial charge >= 0.3 is 0 Å². The summed E-state index contributed by atoms with van der Waals surface area (Å²) in [6.07, 6.45) is 0. The van der Waals surface area contributed by atoms with Gasteiger partial charge in [0.15, 0.2) is 0 Å². The molecule has 0 saturated heterocycles. The maximum Gasteiger partial charge on any atom is 0.0734 e. The summed E-state index contributed by atoms with van der Waals surface area (Å²) in [5.74, 6) is 0. The van der Waals surface area contributed by atoms with E-state index in [1.807, 2.05) is 45.3 Å². The molecule has 18 aromatic rings. The van der Waals surface area contributed by atoms with Gasteiger partial charge < -0.3 is 9.13 Å². The number of thiophene rings is 4. The van der Waals surface area contributed by atoms with E-state index in [4.69, 9.17) is 0 Å². The molecule has 6 heteroatoms. The second-order valence-corrected chi connectivity index (χ2v) is 24.5. The van der Waals surface area contributed by atoms with E-state index in [1.165, 1.54) is 158 Å². The Morgan fingerprint density at radius 2 is 0.705 bits per heavy atom. The van der Waals surface area contributed by atoms with Gasteiger partial charge in [-0.15, -0.1) is 45.3 Å². The molecule has 0 N–H and O–H groups in total. The van der Waals surface area contributed by atoms with E-state index >= 15 is 0 Å². The number of rotatable bonds is 4. The average molecular weight is 1060 g/mol. The lowest BCUT2D eigenvalue weighted by molar-refractivity contribution is 1.19. The van der Waals surface area contributed by atoms with E-state index in [9.17, 15) is 0 Å². The van der Waals surface area contributed by atoms with Crippen molar-refractivity contribution in [2.45, 2.75) is 0 Å². The molecule has 0 aliphatic rings. The van der Waals surface area contributed by atoms with Gasteiger partial charge in [0.25, 0.3) is 0 Å². The van der Waals surface area contributed by atoms with Gasteiger partial charge in [-0.2, -0.15) is 0 Å². The summed E-state index contributed by atoms with van der Waals surface area (Å²) in [6, 6.07) is 93.5. The summed E-state index contributed by atoms with van der Waals surface area (Å²) < 4.78 is 15.6. The fraction of sp³-hybridized carbons (Fsp3) is 0. The molecule has 0 spiro atoms. The number of aromatic nitrogens is 2. The Labute approximate surface area is 463 Å². The molecule has 0 unspecified atom stereocenters. The predicted octanol–water partition coefficient (Wildman–Crippen LogP) is 22.4. The molecule has 0 amide bonds. The van der Waals surface area contributed by atoms with Crippen LogP contribution in [0.15, 0.2) is 255 Å². The first-order valence-corrected chi connectivity index (χ1v) is 29.7. The highest BCUT2D eigenvalue weighted by Crippen LogP contribution is 2.49. The molecule has 0 saturated carbocycles. The first-order chi connectivity index (χ1) is 38.7. The largest absolute Gasteiger partial charge is 0.308 e. The van der Waals surface area contributed by atoms with E-state index in [1.54, 1.807) is 0 Å². The molecule has 0 fully saturated rings. The van der Waals surface area contributed by atoms with E-state index in [0.29, 0.717) is 0 Å². The molecular formula is C72H42N2S4. The maximum absolute atomic E-state index is 2.46. The third-order valence-electron chi connectivity index (χ3n) is 16.0. The van der Waals surface area contributed by atoms with E-state index in [-0.39, 0.29) is 0 Å². The lowest BCUT2D eigenvalue weighted by Gasteiger charge is -2.10. The van der Waals surface area contributed by atoms with Crippen LogP contribution in [-0.4, -0.2) is 9.13 Å². The van der Waals surface area contributed by atoms with Crippen LogP contribution in [0.4, 0.5) is 0 Å². The molecule has 18 rings (SSSR count). The third-order valence-corrected chi connectivity index (χ3v) is 20.6. The smallest absolute Gasteiger partial charge is 0.0734 e. The monoisotopic (exact) mass is 1060 g/mol. The molecule has 0 bridgehead atoms. The van der Waals surface area contributed by atoms with Crippen molar-refractivity contribution in [1.82, 2.24) is 9.13 Å². The van der Waals surface area contributed by atoms with Gasteiger partial charge in [0, 0.05) is 82.7 Å². The molecule has 0 aliphatic carbocycles. The van der Waals surface area contributed by atoms with Gasteiger partial charge in [0.2, 0.25) is 0 Å². The van der Waals surface area contributed by atoms with Gasteiger partial charge in [-0.1, -0.05) is 176 Å². The molecule has 0 radical (unpaired) electrons. The Balaban J connectivity index is 0.000000126. The minimum Gasteiger partial charge on any atom is -0.308 e. The number of fused-ring (bicyclic) bond motifs is 20. The van der Waals surface area contributed by atoms with Crippen LogP contribution < -0.4 is 0 Å². The molecular weight excluding hydrogens is 1020 g/mol. The van der Waals surface area contributed by atoms with Crippen LogP contribution in [0.2, 0.25) is 0 Å². The van der Waals surface area contributed by atoms with Crippen molar-refractivity contribution in [1.29, 1.82) is 0 Å². The summed E-state index contributed by atoms with van der Waals surface area (Å²) >= 11 is 7.60. The molecule has 12 aromatic carbocycles. The summed E-state index contributed by atoms with van der Waals surface area (Å²) in [5.41, 5.74) is 12.6. The second kappa shape index (κ2) is 17.3. The SMILES string of the molecule is c1ccc(-n2c3ccccc3c3sc4ccc(-c5ccc6c(c5)sc5ccc7ccccc7c56)cc4c32)cc1.c1ccc(-n2c3ccccc3c3sc4cccc(-c5ccc6c(c5)sc5ccc7ccccc7c56)c4c32)cc1. The predicted molar refractivity (Wildman–Crippen MR) is 344 cm³/mol. The van der Waals surface area contributed by atoms with Crippen LogP contribution in [0.1, 0.15) is 0 Å². The third kappa shape index (κ3) is 6.65. The number of para-hydroxylation sites is 4. The maximum atomic E-state index is 2.46. The van der Waals surface area contributed by atoms with E-state index in [0.717, 1.165) is 0 Å². The van der Waals surface area contributed by atoms with E-state index in [2.05, 4.69) is 264 Å². The normalized spacial score (nSPS) is 12.1. The Kier molecular flexibility index (Phi) is 9.83. The van der Waals surface area contributed by atoms with Gasteiger partial charge in [0.05, 0.1) is 31.5 Å². The second-order valence-electron chi connectivity index (χ2n) is 20.3. The van der Waals surface area contributed by atoms with Crippen LogP contribution in [0.25, 0.3) is 158 Å². The Morgan fingerprint density at radius 3 is 1.33 bits per heavy atom. The lowest BCUT2D eigenvalue weighted by atomic mass is 9.98. The molecule has 0 aliphatic heterocycles. The van der Waals surface area contributed by atoms with Crippen molar-refractivity contribution in [2.24, 2.45) is 0 Å². The topological polar surface area (TPSA) is 9.86 Å².